The van der Waals surface area contributed by atoms with Crippen molar-refractivity contribution in [1.29, 1.82) is 0 Å². The van der Waals surface area contributed by atoms with Crippen molar-refractivity contribution >= 4 is 29.9 Å². The standard InChI is InChI=1S/C15H20F3N3.HI/c1-19-13(20-10-9-15(16,17)18)21-11-14(7-8-14)12-5-3-2-4-6-12;/h2-6H,7-11H2,1H3,(H2,19,20,21);1H. The molecule has 1 aromatic rings. The Hall–Kier alpha value is -0.990. The van der Waals surface area contributed by atoms with Gasteiger partial charge >= 0.3 is 6.18 Å². The van der Waals surface area contributed by atoms with E-state index >= 15 is 0 Å². The van der Waals surface area contributed by atoms with Crippen LogP contribution in [0.4, 0.5) is 13.2 Å². The fraction of sp³-hybridized carbons (Fsp3) is 0.533. The maximum absolute atomic E-state index is 12.1. The molecule has 0 spiro atoms. The molecule has 124 valence electrons. The number of guanidine groups is 1. The predicted molar refractivity (Wildman–Crippen MR) is 92.8 cm³/mol. The highest BCUT2D eigenvalue weighted by Gasteiger charge is 2.44. The molecule has 1 saturated carbocycles. The van der Waals surface area contributed by atoms with E-state index in [0.29, 0.717) is 12.5 Å². The van der Waals surface area contributed by atoms with E-state index in [4.69, 9.17) is 0 Å². The molecule has 0 unspecified atom stereocenters. The van der Waals surface area contributed by atoms with Crippen molar-refractivity contribution in [3.05, 3.63) is 35.9 Å². The van der Waals surface area contributed by atoms with Crippen molar-refractivity contribution in [1.82, 2.24) is 10.6 Å². The van der Waals surface area contributed by atoms with Crippen LogP contribution in [0.3, 0.4) is 0 Å². The zero-order valence-electron chi connectivity index (χ0n) is 12.4. The summed E-state index contributed by atoms with van der Waals surface area (Å²) in [5.41, 5.74) is 1.37. The number of halogens is 4. The molecule has 0 heterocycles. The lowest BCUT2D eigenvalue weighted by molar-refractivity contribution is -0.132. The molecule has 3 nitrogen and oxygen atoms in total. The Morgan fingerprint density at radius 2 is 1.82 bits per heavy atom. The maximum Gasteiger partial charge on any atom is 0.390 e. The molecule has 0 saturated heterocycles. The molecule has 0 amide bonds. The highest BCUT2D eigenvalue weighted by Crippen LogP contribution is 2.47. The van der Waals surface area contributed by atoms with Gasteiger partial charge in [-0.3, -0.25) is 4.99 Å². The first kappa shape index (κ1) is 19.1. The van der Waals surface area contributed by atoms with Crippen LogP contribution in [-0.2, 0) is 5.41 Å². The highest BCUT2D eigenvalue weighted by molar-refractivity contribution is 14.0. The van der Waals surface area contributed by atoms with E-state index in [1.165, 1.54) is 5.56 Å². The second-order valence-electron chi connectivity index (χ2n) is 5.36. The first-order chi connectivity index (χ1) is 9.95. The van der Waals surface area contributed by atoms with Crippen molar-refractivity contribution in [3.8, 4) is 0 Å². The van der Waals surface area contributed by atoms with Crippen LogP contribution in [0.25, 0.3) is 0 Å². The van der Waals surface area contributed by atoms with Gasteiger partial charge in [0.1, 0.15) is 0 Å². The quantitative estimate of drug-likeness (QED) is 0.429. The SMILES string of the molecule is CN=C(NCCC(F)(F)F)NCC1(c2ccccc2)CC1.I. The van der Waals surface area contributed by atoms with E-state index in [1.54, 1.807) is 7.05 Å². The first-order valence-electron chi connectivity index (χ1n) is 7.02. The summed E-state index contributed by atoms with van der Waals surface area (Å²) in [6, 6.07) is 10.2. The van der Waals surface area contributed by atoms with Crippen molar-refractivity contribution in [2.24, 2.45) is 4.99 Å². The van der Waals surface area contributed by atoms with Gasteiger partial charge in [0.05, 0.1) is 6.42 Å². The Bertz CT molecular complexity index is 485. The Labute approximate surface area is 145 Å². The van der Waals surface area contributed by atoms with Gasteiger partial charge in [0.25, 0.3) is 0 Å². The summed E-state index contributed by atoms with van der Waals surface area (Å²) < 4.78 is 36.3. The molecule has 1 fully saturated rings. The monoisotopic (exact) mass is 427 g/mol. The summed E-state index contributed by atoms with van der Waals surface area (Å²) in [6.45, 7) is 0.518. The van der Waals surface area contributed by atoms with E-state index in [0.717, 1.165) is 12.8 Å². The van der Waals surface area contributed by atoms with Gasteiger partial charge in [-0.2, -0.15) is 13.2 Å². The van der Waals surface area contributed by atoms with E-state index in [9.17, 15) is 13.2 Å². The number of hydrogen-bond acceptors (Lipinski definition) is 1. The lowest BCUT2D eigenvalue weighted by atomic mass is 9.96. The average Bonchev–Trinajstić information content (AvgIpc) is 3.23. The summed E-state index contributed by atoms with van der Waals surface area (Å²) in [7, 11) is 1.56. The molecule has 0 aliphatic heterocycles. The lowest BCUT2D eigenvalue weighted by Crippen LogP contribution is -2.42. The number of nitrogens with zero attached hydrogens (tertiary/aromatic N) is 1. The summed E-state index contributed by atoms with van der Waals surface area (Å²) in [5, 5.41) is 5.83. The zero-order chi connectivity index (χ0) is 15.3. The number of nitrogens with one attached hydrogen (secondary N) is 2. The molecule has 1 aliphatic rings. The second-order valence-corrected chi connectivity index (χ2v) is 5.36. The molecule has 2 N–H and O–H groups in total. The minimum absolute atomic E-state index is 0. The van der Waals surface area contributed by atoms with Crippen LogP contribution < -0.4 is 10.6 Å². The van der Waals surface area contributed by atoms with Crippen molar-refractivity contribution < 1.29 is 13.2 Å². The fourth-order valence-electron chi connectivity index (χ4n) is 2.31. The molecule has 0 radical (unpaired) electrons. The third kappa shape index (κ3) is 5.66. The summed E-state index contributed by atoms with van der Waals surface area (Å²) in [6.07, 6.45) is -2.84. The minimum Gasteiger partial charge on any atom is -0.356 e. The molecule has 22 heavy (non-hydrogen) atoms. The summed E-state index contributed by atoms with van der Waals surface area (Å²) >= 11 is 0. The van der Waals surface area contributed by atoms with Crippen LogP contribution in [0, 0.1) is 0 Å². The van der Waals surface area contributed by atoms with E-state index in [2.05, 4.69) is 27.8 Å². The number of benzene rings is 1. The van der Waals surface area contributed by atoms with Crippen LogP contribution in [0.2, 0.25) is 0 Å². The van der Waals surface area contributed by atoms with Gasteiger partial charge in [-0.15, -0.1) is 24.0 Å². The third-order valence-corrected chi connectivity index (χ3v) is 3.76. The van der Waals surface area contributed by atoms with Crippen LogP contribution >= 0.6 is 24.0 Å². The number of hydrogen-bond donors (Lipinski definition) is 2. The normalized spacial score (nSPS) is 16.6. The van der Waals surface area contributed by atoms with E-state index < -0.39 is 12.6 Å². The Kier molecular flexibility index (Phi) is 6.96. The van der Waals surface area contributed by atoms with Crippen LogP contribution in [-0.4, -0.2) is 32.3 Å². The topological polar surface area (TPSA) is 36.4 Å². The Balaban J connectivity index is 0.00000242. The molecular formula is C15H21F3IN3. The second kappa shape index (κ2) is 8.03. The molecule has 0 bridgehead atoms. The van der Waals surface area contributed by atoms with E-state index in [1.807, 2.05) is 18.2 Å². The summed E-state index contributed by atoms with van der Waals surface area (Å²) in [4.78, 5) is 3.96. The number of aliphatic imine (C=N–C) groups is 1. The third-order valence-electron chi connectivity index (χ3n) is 3.76. The average molecular weight is 427 g/mol. The number of alkyl halides is 3. The van der Waals surface area contributed by atoms with Gasteiger partial charge in [0, 0.05) is 25.6 Å². The highest BCUT2D eigenvalue weighted by atomic mass is 127. The maximum atomic E-state index is 12.1. The molecule has 1 aliphatic carbocycles. The van der Waals surface area contributed by atoms with Gasteiger partial charge in [0.2, 0.25) is 0 Å². The molecule has 7 heteroatoms. The smallest absolute Gasteiger partial charge is 0.356 e. The Morgan fingerprint density at radius 1 is 1.18 bits per heavy atom. The Morgan fingerprint density at radius 3 is 2.32 bits per heavy atom. The van der Waals surface area contributed by atoms with Crippen molar-refractivity contribution in [3.63, 3.8) is 0 Å². The van der Waals surface area contributed by atoms with Gasteiger partial charge in [-0.05, 0) is 18.4 Å². The van der Waals surface area contributed by atoms with Gasteiger partial charge in [-0.25, -0.2) is 0 Å². The number of rotatable bonds is 5. The molecule has 2 rings (SSSR count). The zero-order valence-corrected chi connectivity index (χ0v) is 14.7. The molecule has 0 aromatic heterocycles. The van der Waals surface area contributed by atoms with Crippen molar-refractivity contribution in [2.45, 2.75) is 30.9 Å². The van der Waals surface area contributed by atoms with Gasteiger partial charge in [-0.1, -0.05) is 30.3 Å². The lowest BCUT2D eigenvalue weighted by Gasteiger charge is -2.19. The minimum atomic E-state index is -4.15. The van der Waals surface area contributed by atoms with Crippen molar-refractivity contribution in [2.75, 3.05) is 20.1 Å². The largest absolute Gasteiger partial charge is 0.390 e. The van der Waals surface area contributed by atoms with E-state index in [-0.39, 0.29) is 35.9 Å². The molecular weight excluding hydrogens is 406 g/mol. The summed E-state index contributed by atoms with van der Waals surface area (Å²) in [5.74, 6) is 0.418. The van der Waals surface area contributed by atoms with Crippen LogP contribution in [0.1, 0.15) is 24.8 Å². The fourth-order valence-corrected chi connectivity index (χ4v) is 2.31. The molecule has 0 atom stereocenters. The predicted octanol–water partition coefficient (Wildman–Crippen LogP) is 3.45. The molecule has 1 aromatic carbocycles. The van der Waals surface area contributed by atoms with Gasteiger partial charge < -0.3 is 10.6 Å². The first-order valence-corrected chi connectivity index (χ1v) is 7.02. The van der Waals surface area contributed by atoms with Crippen LogP contribution in [0.15, 0.2) is 35.3 Å². The van der Waals surface area contributed by atoms with Gasteiger partial charge in [0.15, 0.2) is 5.96 Å². The van der Waals surface area contributed by atoms with Crippen LogP contribution in [0.5, 0.6) is 0 Å².